The third-order valence-electron chi connectivity index (χ3n) is 4.10. The first kappa shape index (κ1) is 13.7. The summed E-state index contributed by atoms with van der Waals surface area (Å²) in [6, 6.07) is 1.90. The number of fused-ring (bicyclic) bond motifs is 1. The third-order valence-corrected chi connectivity index (χ3v) is 4.10. The van der Waals surface area contributed by atoms with Crippen molar-refractivity contribution in [3.8, 4) is 0 Å². The second kappa shape index (κ2) is 5.38. The van der Waals surface area contributed by atoms with Gasteiger partial charge in [-0.3, -0.25) is 9.48 Å². The Bertz CT molecular complexity index is 832. The predicted molar refractivity (Wildman–Crippen MR) is 79.5 cm³/mol. The Morgan fingerprint density at radius 2 is 2.26 bits per heavy atom. The minimum atomic E-state index is -0.0633. The maximum atomic E-state index is 12.5. The zero-order chi connectivity index (χ0) is 15.8. The summed E-state index contributed by atoms with van der Waals surface area (Å²) < 4.78 is 9.00. The molecule has 1 aliphatic rings. The van der Waals surface area contributed by atoms with Crippen LogP contribution in [-0.4, -0.2) is 41.8 Å². The van der Waals surface area contributed by atoms with Crippen LogP contribution in [0, 0.1) is 6.92 Å². The molecule has 4 rings (SSSR count). The van der Waals surface area contributed by atoms with Crippen molar-refractivity contribution in [3.05, 3.63) is 53.7 Å². The molecule has 0 aliphatic carbocycles. The number of carbonyl (C=O) groups excluding carboxylic acids is 1. The molecule has 0 bridgehead atoms. The number of hydrogen-bond acceptors (Lipinski definition) is 5. The van der Waals surface area contributed by atoms with Crippen LogP contribution >= 0.6 is 0 Å². The molecule has 0 radical (unpaired) electrons. The van der Waals surface area contributed by atoms with Crippen molar-refractivity contribution in [3.63, 3.8) is 0 Å². The lowest BCUT2D eigenvalue weighted by Gasteiger charge is -2.28. The molecule has 8 heteroatoms. The summed E-state index contributed by atoms with van der Waals surface area (Å²) in [7, 11) is 0. The van der Waals surface area contributed by atoms with Gasteiger partial charge in [-0.25, -0.2) is 4.98 Å². The number of amides is 1. The van der Waals surface area contributed by atoms with Gasteiger partial charge in [-0.05, 0) is 13.0 Å². The SMILES string of the molecule is Cc1oncc1C(=O)N1CCn2c(Cn3cccn3)cnc2C1. The first-order valence-electron chi connectivity index (χ1n) is 7.43. The summed E-state index contributed by atoms with van der Waals surface area (Å²) in [6.45, 7) is 4.27. The van der Waals surface area contributed by atoms with Gasteiger partial charge in [0.25, 0.3) is 5.91 Å². The minimum absolute atomic E-state index is 0.0633. The number of hydrogen-bond donors (Lipinski definition) is 0. The lowest BCUT2D eigenvalue weighted by atomic mass is 10.2. The normalized spacial score (nSPS) is 14.0. The van der Waals surface area contributed by atoms with E-state index in [-0.39, 0.29) is 5.91 Å². The molecule has 1 amide bonds. The molecule has 0 spiro atoms. The molecular formula is C15H16N6O2. The number of imidazole rings is 1. The van der Waals surface area contributed by atoms with Crippen LogP contribution in [-0.2, 0) is 19.6 Å². The standard InChI is InChI=1S/C15H16N6O2/c1-11-13(8-18-23-11)15(22)19-5-6-21-12(7-16-14(21)10-19)9-20-4-2-3-17-20/h2-4,7-8H,5-6,9-10H2,1H3. The van der Waals surface area contributed by atoms with E-state index in [9.17, 15) is 4.79 Å². The maximum absolute atomic E-state index is 12.5. The average Bonchev–Trinajstić information content (AvgIpc) is 3.29. The van der Waals surface area contributed by atoms with E-state index in [1.165, 1.54) is 6.20 Å². The molecule has 23 heavy (non-hydrogen) atoms. The number of rotatable bonds is 3. The molecule has 0 saturated heterocycles. The van der Waals surface area contributed by atoms with Crippen LogP contribution in [0.25, 0.3) is 0 Å². The summed E-state index contributed by atoms with van der Waals surface area (Å²) in [5.74, 6) is 1.37. The zero-order valence-electron chi connectivity index (χ0n) is 12.7. The molecule has 0 saturated carbocycles. The fourth-order valence-corrected chi connectivity index (χ4v) is 2.86. The van der Waals surface area contributed by atoms with Gasteiger partial charge in [-0.2, -0.15) is 5.10 Å². The molecule has 3 aromatic heterocycles. The predicted octanol–water partition coefficient (Wildman–Crippen LogP) is 1.08. The van der Waals surface area contributed by atoms with Crippen LogP contribution in [0.3, 0.4) is 0 Å². The molecule has 118 valence electrons. The molecule has 4 heterocycles. The van der Waals surface area contributed by atoms with Crippen LogP contribution in [0.4, 0.5) is 0 Å². The van der Waals surface area contributed by atoms with E-state index in [0.717, 1.165) is 18.1 Å². The van der Waals surface area contributed by atoms with Gasteiger partial charge in [0.05, 0.1) is 31.2 Å². The summed E-state index contributed by atoms with van der Waals surface area (Å²) in [5, 5.41) is 7.90. The van der Waals surface area contributed by atoms with Gasteiger partial charge in [0.1, 0.15) is 17.1 Å². The number of carbonyl (C=O) groups is 1. The van der Waals surface area contributed by atoms with Crippen LogP contribution in [0.2, 0.25) is 0 Å². The Labute approximate surface area is 132 Å². The molecule has 0 N–H and O–H groups in total. The van der Waals surface area contributed by atoms with Gasteiger partial charge in [0, 0.05) is 25.5 Å². The largest absolute Gasteiger partial charge is 0.361 e. The second-order valence-corrected chi connectivity index (χ2v) is 5.54. The molecule has 8 nitrogen and oxygen atoms in total. The highest BCUT2D eigenvalue weighted by molar-refractivity contribution is 5.94. The summed E-state index contributed by atoms with van der Waals surface area (Å²) in [6.07, 6.45) is 7.01. The van der Waals surface area contributed by atoms with E-state index < -0.39 is 0 Å². The van der Waals surface area contributed by atoms with Gasteiger partial charge in [-0.1, -0.05) is 5.16 Å². The monoisotopic (exact) mass is 312 g/mol. The van der Waals surface area contributed by atoms with Gasteiger partial charge in [-0.15, -0.1) is 0 Å². The van der Waals surface area contributed by atoms with Gasteiger partial charge < -0.3 is 14.0 Å². The van der Waals surface area contributed by atoms with Crippen molar-refractivity contribution in [2.24, 2.45) is 0 Å². The van der Waals surface area contributed by atoms with Crippen molar-refractivity contribution < 1.29 is 9.32 Å². The molecule has 0 fully saturated rings. The summed E-state index contributed by atoms with van der Waals surface area (Å²) >= 11 is 0. The van der Waals surface area contributed by atoms with Crippen molar-refractivity contribution in [2.45, 2.75) is 26.6 Å². The average molecular weight is 312 g/mol. The first-order valence-corrected chi connectivity index (χ1v) is 7.43. The van der Waals surface area contributed by atoms with E-state index in [1.54, 1.807) is 18.0 Å². The van der Waals surface area contributed by atoms with Crippen LogP contribution in [0.1, 0.15) is 27.6 Å². The second-order valence-electron chi connectivity index (χ2n) is 5.54. The van der Waals surface area contributed by atoms with Gasteiger partial charge in [0.2, 0.25) is 0 Å². The van der Waals surface area contributed by atoms with Crippen molar-refractivity contribution >= 4 is 5.91 Å². The quantitative estimate of drug-likeness (QED) is 0.723. The lowest BCUT2D eigenvalue weighted by molar-refractivity contribution is 0.0704. The van der Waals surface area contributed by atoms with E-state index in [2.05, 4.69) is 19.8 Å². The van der Waals surface area contributed by atoms with Crippen molar-refractivity contribution in [2.75, 3.05) is 6.54 Å². The molecule has 3 aromatic rings. The lowest BCUT2D eigenvalue weighted by Crippen LogP contribution is -2.39. The van der Waals surface area contributed by atoms with Gasteiger partial charge >= 0.3 is 0 Å². The van der Waals surface area contributed by atoms with E-state index in [1.807, 2.05) is 23.1 Å². The van der Waals surface area contributed by atoms with Crippen molar-refractivity contribution in [1.29, 1.82) is 0 Å². The minimum Gasteiger partial charge on any atom is -0.361 e. The fraction of sp³-hybridized carbons (Fsp3) is 0.333. The molecule has 1 aliphatic heterocycles. The Hall–Kier alpha value is -2.90. The van der Waals surface area contributed by atoms with Crippen LogP contribution in [0.15, 0.2) is 35.4 Å². The zero-order valence-corrected chi connectivity index (χ0v) is 12.7. The summed E-state index contributed by atoms with van der Waals surface area (Å²) in [4.78, 5) is 18.8. The van der Waals surface area contributed by atoms with Crippen LogP contribution < -0.4 is 0 Å². The topological polar surface area (TPSA) is 82.0 Å². The number of aromatic nitrogens is 5. The van der Waals surface area contributed by atoms with Crippen LogP contribution in [0.5, 0.6) is 0 Å². The van der Waals surface area contributed by atoms with E-state index >= 15 is 0 Å². The molecular weight excluding hydrogens is 296 g/mol. The Kier molecular flexibility index (Phi) is 3.22. The highest BCUT2D eigenvalue weighted by Crippen LogP contribution is 2.18. The van der Waals surface area contributed by atoms with E-state index in [0.29, 0.717) is 31.0 Å². The molecule has 0 unspecified atom stereocenters. The van der Waals surface area contributed by atoms with Gasteiger partial charge in [0.15, 0.2) is 0 Å². The maximum Gasteiger partial charge on any atom is 0.259 e. The third kappa shape index (κ3) is 2.41. The molecule has 0 aromatic carbocycles. The Morgan fingerprint density at radius 3 is 3.00 bits per heavy atom. The number of nitrogens with zero attached hydrogens (tertiary/aromatic N) is 6. The summed E-state index contributed by atoms with van der Waals surface area (Å²) in [5.41, 5.74) is 1.61. The Balaban J connectivity index is 1.53. The van der Waals surface area contributed by atoms with Crippen molar-refractivity contribution in [1.82, 2.24) is 29.4 Å². The highest BCUT2D eigenvalue weighted by atomic mass is 16.5. The number of aryl methyl sites for hydroxylation is 1. The smallest absolute Gasteiger partial charge is 0.259 e. The fourth-order valence-electron chi connectivity index (χ4n) is 2.86. The molecule has 0 atom stereocenters. The first-order chi connectivity index (χ1) is 11.2. The Morgan fingerprint density at radius 1 is 1.35 bits per heavy atom. The van der Waals surface area contributed by atoms with E-state index in [4.69, 9.17) is 4.52 Å². The highest BCUT2D eigenvalue weighted by Gasteiger charge is 2.26.